The van der Waals surface area contributed by atoms with Crippen LogP contribution in [0.1, 0.15) is 34.1 Å². The van der Waals surface area contributed by atoms with Crippen LogP contribution in [0.3, 0.4) is 0 Å². The van der Waals surface area contributed by atoms with Gasteiger partial charge in [0.05, 0.1) is 25.9 Å². The Morgan fingerprint density at radius 2 is 1.47 bits per heavy atom. The number of rotatable bonds is 12. The van der Waals surface area contributed by atoms with E-state index in [1.165, 1.54) is 0 Å². The van der Waals surface area contributed by atoms with Gasteiger partial charge in [0.15, 0.2) is 0 Å². The van der Waals surface area contributed by atoms with Gasteiger partial charge in [0, 0.05) is 25.8 Å². The summed E-state index contributed by atoms with van der Waals surface area (Å²) < 4.78 is 16.2. The molecule has 0 aromatic rings. The zero-order valence-electron chi connectivity index (χ0n) is 11.8. The molecule has 0 spiro atoms. The van der Waals surface area contributed by atoms with Crippen LogP contribution in [0.2, 0.25) is 0 Å². The van der Waals surface area contributed by atoms with E-state index < -0.39 is 0 Å². The Morgan fingerprint density at radius 3 is 2.06 bits per heavy atom. The zero-order valence-corrected chi connectivity index (χ0v) is 11.8. The summed E-state index contributed by atoms with van der Waals surface area (Å²) in [7, 11) is 0. The van der Waals surface area contributed by atoms with Crippen LogP contribution in [0, 0.1) is 0 Å². The molecular formula is C13H29NO3. The summed E-state index contributed by atoms with van der Waals surface area (Å²) in [6, 6.07) is 0.524. The van der Waals surface area contributed by atoms with E-state index in [0.29, 0.717) is 25.4 Å². The molecule has 0 bridgehead atoms. The van der Waals surface area contributed by atoms with Gasteiger partial charge in [0.25, 0.3) is 0 Å². The highest BCUT2D eigenvalue weighted by molar-refractivity contribution is 4.50. The van der Waals surface area contributed by atoms with Crippen molar-refractivity contribution in [3.05, 3.63) is 0 Å². The van der Waals surface area contributed by atoms with Crippen molar-refractivity contribution in [1.82, 2.24) is 5.32 Å². The van der Waals surface area contributed by atoms with Crippen molar-refractivity contribution < 1.29 is 14.2 Å². The van der Waals surface area contributed by atoms with Crippen molar-refractivity contribution in [2.24, 2.45) is 0 Å². The quantitative estimate of drug-likeness (QED) is 0.534. The van der Waals surface area contributed by atoms with Crippen LogP contribution < -0.4 is 5.32 Å². The molecule has 104 valence electrons. The van der Waals surface area contributed by atoms with Gasteiger partial charge in [0.2, 0.25) is 0 Å². The molecule has 4 nitrogen and oxygen atoms in total. The molecule has 0 saturated carbocycles. The molecule has 0 fully saturated rings. The molecule has 0 aliphatic heterocycles. The number of hydrogen-bond donors (Lipinski definition) is 1. The molecule has 0 saturated heterocycles. The minimum Gasteiger partial charge on any atom is -0.379 e. The van der Waals surface area contributed by atoms with Gasteiger partial charge < -0.3 is 19.5 Å². The highest BCUT2D eigenvalue weighted by atomic mass is 16.5. The second-order valence-corrected chi connectivity index (χ2v) is 4.61. The van der Waals surface area contributed by atoms with E-state index in [1.807, 2.05) is 13.8 Å². The van der Waals surface area contributed by atoms with Crippen molar-refractivity contribution >= 4 is 0 Å². The van der Waals surface area contributed by atoms with Gasteiger partial charge in [-0.2, -0.15) is 0 Å². The van der Waals surface area contributed by atoms with Gasteiger partial charge in [-0.15, -0.1) is 0 Å². The lowest BCUT2D eigenvalue weighted by Crippen LogP contribution is -2.27. The van der Waals surface area contributed by atoms with E-state index in [0.717, 1.165) is 32.8 Å². The van der Waals surface area contributed by atoms with Crippen LogP contribution in [-0.2, 0) is 14.2 Å². The van der Waals surface area contributed by atoms with Gasteiger partial charge >= 0.3 is 0 Å². The molecule has 0 radical (unpaired) electrons. The molecule has 1 N–H and O–H groups in total. The maximum Gasteiger partial charge on any atom is 0.0701 e. The second kappa shape index (κ2) is 12.3. The third-order valence-corrected chi connectivity index (χ3v) is 2.06. The standard InChI is InChI=1S/C13H29NO3/c1-12(2)14-6-9-16-11-10-15-7-5-8-17-13(3)4/h12-14H,5-11H2,1-4H3. The van der Waals surface area contributed by atoms with Gasteiger partial charge in [0.1, 0.15) is 0 Å². The van der Waals surface area contributed by atoms with Crippen LogP contribution in [0.5, 0.6) is 0 Å². The van der Waals surface area contributed by atoms with Gasteiger partial charge in [-0.25, -0.2) is 0 Å². The fourth-order valence-corrected chi connectivity index (χ4v) is 1.22. The highest BCUT2D eigenvalue weighted by Crippen LogP contribution is 1.91. The number of hydrogen-bond acceptors (Lipinski definition) is 4. The molecule has 0 unspecified atom stereocenters. The monoisotopic (exact) mass is 247 g/mol. The van der Waals surface area contributed by atoms with Crippen molar-refractivity contribution in [3.8, 4) is 0 Å². The first-order chi connectivity index (χ1) is 8.13. The molecule has 4 heteroatoms. The van der Waals surface area contributed by atoms with Crippen molar-refractivity contribution in [2.75, 3.05) is 39.6 Å². The summed E-state index contributed by atoms with van der Waals surface area (Å²) in [6.07, 6.45) is 1.26. The minimum atomic E-state index is 0.312. The third kappa shape index (κ3) is 15.8. The molecular weight excluding hydrogens is 218 g/mol. The summed E-state index contributed by atoms with van der Waals surface area (Å²) in [5.41, 5.74) is 0. The summed E-state index contributed by atoms with van der Waals surface area (Å²) in [4.78, 5) is 0. The van der Waals surface area contributed by atoms with Gasteiger partial charge in [-0.05, 0) is 20.3 Å². The first-order valence-electron chi connectivity index (χ1n) is 6.63. The third-order valence-electron chi connectivity index (χ3n) is 2.06. The average Bonchev–Trinajstić information content (AvgIpc) is 2.25. The number of nitrogens with one attached hydrogen (secondary N) is 1. The molecule has 0 heterocycles. The Bertz CT molecular complexity index is 136. The lowest BCUT2D eigenvalue weighted by Gasteiger charge is -2.09. The first-order valence-corrected chi connectivity index (χ1v) is 6.63. The largest absolute Gasteiger partial charge is 0.379 e. The van der Waals surface area contributed by atoms with Crippen LogP contribution >= 0.6 is 0 Å². The lowest BCUT2D eigenvalue weighted by atomic mass is 10.4. The van der Waals surface area contributed by atoms with Crippen molar-refractivity contribution in [1.29, 1.82) is 0 Å². The van der Waals surface area contributed by atoms with E-state index >= 15 is 0 Å². The molecule has 0 aliphatic carbocycles. The van der Waals surface area contributed by atoms with Crippen LogP contribution in [0.15, 0.2) is 0 Å². The van der Waals surface area contributed by atoms with E-state index in [-0.39, 0.29) is 0 Å². The molecule has 0 rings (SSSR count). The van der Waals surface area contributed by atoms with Crippen LogP contribution in [0.25, 0.3) is 0 Å². The normalized spacial score (nSPS) is 11.6. The molecule has 17 heavy (non-hydrogen) atoms. The fraction of sp³-hybridized carbons (Fsp3) is 1.00. The molecule has 0 amide bonds. The summed E-state index contributed by atoms with van der Waals surface area (Å²) in [5, 5.41) is 3.29. The SMILES string of the molecule is CC(C)NCCOCCOCCCOC(C)C. The predicted molar refractivity (Wildman–Crippen MR) is 70.5 cm³/mol. The van der Waals surface area contributed by atoms with Crippen molar-refractivity contribution in [3.63, 3.8) is 0 Å². The fourth-order valence-electron chi connectivity index (χ4n) is 1.22. The van der Waals surface area contributed by atoms with Crippen LogP contribution in [0.4, 0.5) is 0 Å². The Labute approximate surface area is 106 Å². The maximum atomic E-state index is 5.42. The molecule has 0 aromatic heterocycles. The summed E-state index contributed by atoms with van der Waals surface area (Å²) >= 11 is 0. The van der Waals surface area contributed by atoms with E-state index in [1.54, 1.807) is 0 Å². The number of ether oxygens (including phenoxy) is 3. The summed E-state index contributed by atoms with van der Waals surface area (Å²) in [6.45, 7) is 12.9. The van der Waals surface area contributed by atoms with E-state index in [9.17, 15) is 0 Å². The van der Waals surface area contributed by atoms with E-state index in [2.05, 4.69) is 19.2 Å². The topological polar surface area (TPSA) is 39.7 Å². The molecule has 0 aromatic carbocycles. The first kappa shape index (κ1) is 16.8. The lowest BCUT2D eigenvalue weighted by molar-refractivity contribution is 0.0263. The van der Waals surface area contributed by atoms with Crippen molar-refractivity contribution in [2.45, 2.75) is 46.3 Å². The predicted octanol–water partition coefficient (Wildman–Crippen LogP) is 1.83. The highest BCUT2D eigenvalue weighted by Gasteiger charge is 1.94. The molecule has 0 atom stereocenters. The van der Waals surface area contributed by atoms with Crippen LogP contribution in [-0.4, -0.2) is 51.7 Å². The maximum absolute atomic E-state index is 5.42. The summed E-state index contributed by atoms with van der Waals surface area (Å²) in [5.74, 6) is 0. The Morgan fingerprint density at radius 1 is 0.824 bits per heavy atom. The zero-order chi connectivity index (χ0) is 12.9. The Balaban J connectivity index is 2.94. The minimum absolute atomic E-state index is 0.312. The smallest absolute Gasteiger partial charge is 0.0701 e. The van der Waals surface area contributed by atoms with Gasteiger partial charge in [-0.1, -0.05) is 13.8 Å². The van der Waals surface area contributed by atoms with E-state index in [4.69, 9.17) is 14.2 Å². The molecule has 0 aliphatic rings. The Hall–Kier alpha value is -0.160. The Kier molecular flexibility index (Phi) is 12.2. The van der Waals surface area contributed by atoms with Gasteiger partial charge in [-0.3, -0.25) is 0 Å². The average molecular weight is 247 g/mol. The second-order valence-electron chi connectivity index (χ2n) is 4.61.